The molecular formula is C23H29F2N5O3S. The number of rotatable bonds is 11. The van der Waals surface area contributed by atoms with Gasteiger partial charge in [0.1, 0.15) is 23.7 Å². The van der Waals surface area contributed by atoms with Gasteiger partial charge in [-0.1, -0.05) is 18.2 Å². The highest BCUT2D eigenvalue weighted by atomic mass is 32.2. The second kappa shape index (κ2) is 11.0. The van der Waals surface area contributed by atoms with E-state index in [1.54, 1.807) is 25.4 Å². The Morgan fingerprint density at radius 2 is 1.97 bits per heavy atom. The number of sulfone groups is 1. The van der Waals surface area contributed by atoms with Crippen molar-refractivity contribution in [2.24, 2.45) is 0 Å². The number of likely N-dealkylation sites (N-methyl/N-ethyl adjacent to an activating group) is 1. The summed E-state index contributed by atoms with van der Waals surface area (Å²) >= 11 is 0. The SMILES string of the molecule is CCCS(=O)(=O)Cc1ccc(F)c(-n2cc(-c3cncc(OCCN(C)C(C)C)c3)nn2)c1F. The van der Waals surface area contributed by atoms with Crippen LogP contribution in [0.3, 0.4) is 0 Å². The number of nitrogens with zero attached hydrogens (tertiary/aromatic N) is 5. The van der Waals surface area contributed by atoms with Crippen molar-refractivity contribution in [3.05, 3.63) is 54.0 Å². The maximum Gasteiger partial charge on any atom is 0.156 e. The van der Waals surface area contributed by atoms with Crippen LogP contribution >= 0.6 is 0 Å². The molecule has 3 aromatic rings. The standard InChI is InChI=1S/C23H29F2N5O3S/c1-5-10-34(31,32)15-17-6-7-20(24)23(22(17)25)30-14-21(27-28-30)18-11-19(13-26-12-18)33-9-8-29(4)16(2)3/h6-7,11-14,16H,5,8-10,15H2,1-4H3. The molecular weight excluding hydrogens is 464 g/mol. The van der Waals surface area contributed by atoms with Crippen LogP contribution in [0, 0.1) is 11.6 Å². The molecule has 3 rings (SSSR count). The van der Waals surface area contributed by atoms with Crippen molar-refractivity contribution < 1.29 is 21.9 Å². The summed E-state index contributed by atoms with van der Waals surface area (Å²) in [5.41, 5.74) is 0.286. The van der Waals surface area contributed by atoms with Crippen LogP contribution < -0.4 is 4.74 Å². The smallest absolute Gasteiger partial charge is 0.156 e. The van der Waals surface area contributed by atoms with E-state index in [9.17, 15) is 12.8 Å². The number of halogens is 2. The van der Waals surface area contributed by atoms with Gasteiger partial charge in [-0.3, -0.25) is 4.98 Å². The lowest BCUT2D eigenvalue weighted by Crippen LogP contribution is -2.30. The summed E-state index contributed by atoms with van der Waals surface area (Å²) in [5, 5.41) is 7.86. The first kappa shape index (κ1) is 25.7. The highest BCUT2D eigenvalue weighted by Gasteiger charge is 2.21. The van der Waals surface area contributed by atoms with E-state index in [2.05, 4.69) is 34.0 Å². The van der Waals surface area contributed by atoms with Crippen molar-refractivity contribution in [3.63, 3.8) is 0 Å². The fourth-order valence-corrected chi connectivity index (χ4v) is 4.70. The minimum absolute atomic E-state index is 0.0776. The van der Waals surface area contributed by atoms with E-state index in [0.717, 1.165) is 23.4 Å². The normalized spacial score (nSPS) is 12.0. The van der Waals surface area contributed by atoms with E-state index >= 15 is 4.39 Å². The number of benzene rings is 1. The summed E-state index contributed by atoms with van der Waals surface area (Å²) < 4.78 is 60.6. The second-order valence-electron chi connectivity index (χ2n) is 8.34. The summed E-state index contributed by atoms with van der Waals surface area (Å²) in [6.07, 6.45) is 4.89. The topological polar surface area (TPSA) is 90.2 Å². The summed E-state index contributed by atoms with van der Waals surface area (Å²) in [4.78, 5) is 6.30. The molecule has 34 heavy (non-hydrogen) atoms. The number of hydrogen-bond acceptors (Lipinski definition) is 7. The van der Waals surface area contributed by atoms with Crippen LogP contribution in [-0.4, -0.2) is 65.3 Å². The number of aromatic nitrogens is 4. The van der Waals surface area contributed by atoms with E-state index in [-0.39, 0.29) is 11.3 Å². The zero-order valence-electron chi connectivity index (χ0n) is 19.7. The van der Waals surface area contributed by atoms with Crippen LogP contribution in [0.1, 0.15) is 32.8 Å². The Kier molecular flexibility index (Phi) is 8.32. The first-order chi connectivity index (χ1) is 16.1. The molecule has 0 radical (unpaired) electrons. The Hall–Kier alpha value is -2.92. The molecule has 2 heterocycles. The molecule has 0 N–H and O–H groups in total. The lowest BCUT2D eigenvalue weighted by Gasteiger charge is -2.20. The van der Waals surface area contributed by atoms with Crippen LogP contribution in [0.25, 0.3) is 16.9 Å². The third-order valence-electron chi connectivity index (χ3n) is 5.36. The van der Waals surface area contributed by atoms with Gasteiger partial charge in [0.2, 0.25) is 0 Å². The van der Waals surface area contributed by atoms with E-state index in [1.165, 1.54) is 6.20 Å². The molecule has 0 fully saturated rings. The quantitative estimate of drug-likeness (QED) is 0.403. The molecule has 2 aromatic heterocycles. The molecule has 0 saturated heterocycles. The Labute approximate surface area is 198 Å². The highest BCUT2D eigenvalue weighted by molar-refractivity contribution is 7.90. The zero-order chi connectivity index (χ0) is 24.9. The van der Waals surface area contributed by atoms with Gasteiger partial charge in [-0.2, -0.15) is 0 Å². The summed E-state index contributed by atoms with van der Waals surface area (Å²) in [5.74, 6) is -1.93. The summed E-state index contributed by atoms with van der Waals surface area (Å²) in [6, 6.07) is 4.28. The molecule has 1 aromatic carbocycles. The average molecular weight is 494 g/mol. The van der Waals surface area contributed by atoms with Crippen LogP contribution in [0.4, 0.5) is 8.78 Å². The van der Waals surface area contributed by atoms with Crippen LogP contribution in [0.2, 0.25) is 0 Å². The lowest BCUT2D eigenvalue weighted by atomic mass is 10.2. The molecule has 184 valence electrons. The van der Waals surface area contributed by atoms with Crippen molar-refractivity contribution in [2.45, 2.75) is 39.0 Å². The molecule has 0 unspecified atom stereocenters. The highest BCUT2D eigenvalue weighted by Crippen LogP contribution is 2.25. The number of ether oxygens (including phenoxy) is 1. The van der Waals surface area contributed by atoms with Crippen molar-refractivity contribution in [1.82, 2.24) is 24.9 Å². The van der Waals surface area contributed by atoms with Crippen molar-refractivity contribution in [1.29, 1.82) is 0 Å². The third-order valence-corrected chi connectivity index (χ3v) is 7.14. The van der Waals surface area contributed by atoms with Gasteiger partial charge < -0.3 is 9.64 Å². The van der Waals surface area contributed by atoms with Crippen LogP contribution in [0.5, 0.6) is 5.75 Å². The Balaban J connectivity index is 1.82. The molecule has 0 bridgehead atoms. The number of hydrogen-bond donors (Lipinski definition) is 0. The van der Waals surface area contributed by atoms with Gasteiger partial charge in [0.05, 0.1) is 23.9 Å². The summed E-state index contributed by atoms with van der Waals surface area (Å²) in [7, 11) is -1.51. The molecule has 0 atom stereocenters. The Morgan fingerprint density at radius 3 is 2.68 bits per heavy atom. The largest absolute Gasteiger partial charge is 0.491 e. The third kappa shape index (κ3) is 6.35. The van der Waals surface area contributed by atoms with E-state index in [1.807, 2.05) is 7.05 Å². The first-order valence-corrected chi connectivity index (χ1v) is 12.8. The van der Waals surface area contributed by atoms with E-state index in [4.69, 9.17) is 4.74 Å². The zero-order valence-corrected chi connectivity index (χ0v) is 20.5. The fourth-order valence-electron chi connectivity index (χ4n) is 3.23. The van der Waals surface area contributed by atoms with Crippen molar-refractivity contribution in [3.8, 4) is 22.7 Å². The molecule has 0 spiro atoms. The monoisotopic (exact) mass is 493 g/mol. The van der Waals surface area contributed by atoms with Gasteiger partial charge in [-0.25, -0.2) is 21.9 Å². The van der Waals surface area contributed by atoms with E-state index in [0.29, 0.717) is 36.1 Å². The van der Waals surface area contributed by atoms with Gasteiger partial charge in [0.25, 0.3) is 0 Å². The maximum atomic E-state index is 15.1. The Morgan fingerprint density at radius 1 is 1.21 bits per heavy atom. The average Bonchev–Trinajstić information content (AvgIpc) is 3.25. The van der Waals surface area contributed by atoms with Crippen molar-refractivity contribution >= 4 is 9.84 Å². The van der Waals surface area contributed by atoms with Gasteiger partial charge >= 0.3 is 0 Å². The fraction of sp³-hybridized carbons (Fsp3) is 0.435. The minimum atomic E-state index is -3.51. The molecule has 11 heteroatoms. The molecule has 8 nitrogen and oxygen atoms in total. The van der Waals surface area contributed by atoms with E-state index < -0.39 is 32.9 Å². The molecule has 0 saturated carbocycles. The van der Waals surface area contributed by atoms with Gasteiger partial charge in [-0.15, -0.1) is 5.10 Å². The molecule has 0 amide bonds. The predicted molar refractivity (Wildman–Crippen MR) is 126 cm³/mol. The lowest BCUT2D eigenvalue weighted by molar-refractivity contribution is 0.208. The maximum absolute atomic E-state index is 15.1. The van der Waals surface area contributed by atoms with Crippen molar-refractivity contribution in [2.75, 3.05) is 26.0 Å². The minimum Gasteiger partial charge on any atom is -0.491 e. The Bertz CT molecular complexity index is 1230. The number of pyridine rings is 1. The molecule has 0 aliphatic carbocycles. The first-order valence-electron chi connectivity index (χ1n) is 11.0. The van der Waals surface area contributed by atoms with Crippen LogP contribution in [-0.2, 0) is 15.6 Å². The summed E-state index contributed by atoms with van der Waals surface area (Å²) in [6.45, 7) is 7.12. The molecule has 0 aliphatic heterocycles. The second-order valence-corrected chi connectivity index (χ2v) is 10.5. The van der Waals surface area contributed by atoms with Gasteiger partial charge in [-0.05, 0) is 39.4 Å². The predicted octanol–water partition coefficient (Wildman–Crippen LogP) is 3.65. The van der Waals surface area contributed by atoms with Crippen LogP contribution in [0.15, 0.2) is 36.8 Å². The van der Waals surface area contributed by atoms with Gasteiger partial charge in [0.15, 0.2) is 21.5 Å². The van der Waals surface area contributed by atoms with Gasteiger partial charge in [0, 0.05) is 29.9 Å². The molecule has 0 aliphatic rings.